The Labute approximate surface area is 134 Å². The van der Waals surface area contributed by atoms with Crippen LogP contribution in [0.2, 0.25) is 0 Å². The molecular formula is C21H25N. The van der Waals surface area contributed by atoms with Gasteiger partial charge in [-0.25, -0.2) is 0 Å². The highest BCUT2D eigenvalue weighted by Crippen LogP contribution is 2.20. The first-order valence-electron chi connectivity index (χ1n) is 8.40. The van der Waals surface area contributed by atoms with Crippen molar-refractivity contribution in [3.63, 3.8) is 0 Å². The van der Waals surface area contributed by atoms with Gasteiger partial charge in [-0.1, -0.05) is 79.2 Å². The van der Waals surface area contributed by atoms with Crippen molar-refractivity contribution in [2.45, 2.75) is 38.3 Å². The van der Waals surface area contributed by atoms with E-state index in [-0.39, 0.29) is 0 Å². The van der Waals surface area contributed by atoms with Crippen molar-refractivity contribution in [1.29, 1.82) is 0 Å². The Hall–Kier alpha value is -1.86. The summed E-state index contributed by atoms with van der Waals surface area (Å²) in [6.45, 7) is 2.29. The highest BCUT2D eigenvalue weighted by atomic mass is 15.2. The average molecular weight is 291 g/mol. The van der Waals surface area contributed by atoms with E-state index < -0.39 is 0 Å². The van der Waals surface area contributed by atoms with Crippen LogP contribution in [0.3, 0.4) is 0 Å². The number of nitrogens with zero attached hydrogens (tertiary/aromatic N) is 1. The van der Waals surface area contributed by atoms with Crippen LogP contribution in [0.25, 0.3) is 0 Å². The van der Waals surface area contributed by atoms with Gasteiger partial charge in [-0.3, -0.25) is 4.90 Å². The van der Waals surface area contributed by atoms with Crippen LogP contribution >= 0.6 is 0 Å². The first-order chi connectivity index (χ1) is 10.9. The summed E-state index contributed by atoms with van der Waals surface area (Å²) in [5, 5.41) is 0. The molecule has 0 bridgehead atoms. The molecule has 22 heavy (non-hydrogen) atoms. The third kappa shape index (κ3) is 4.32. The third-order valence-corrected chi connectivity index (χ3v) is 4.45. The van der Waals surface area contributed by atoms with Crippen LogP contribution in [-0.2, 0) is 13.0 Å². The number of likely N-dealkylation sites (tertiary alicyclic amines) is 1. The maximum atomic E-state index is 2.63. The second-order valence-corrected chi connectivity index (χ2v) is 6.14. The van der Waals surface area contributed by atoms with E-state index in [1.165, 1.54) is 36.9 Å². The van der Waals surface area contributed by atoms with E-state index in [0.717, 1.165) is 13.0 Å². The number of piperidine rings is 1. The van der Waals surface area contributed by atoms with E-state index in [1.807, 2.05) is 0 Å². The molecular weight excluding hydrogens is 266 g/mol. The lowest BCUT2D eigenvalue weighted by atomic mass is 10.00. The summed E-state index contributed by atoms with van der Waals surface area (Å²) in [4.78, 5) is 2.63. The molecule has 2 aromatic rings. The molecule has 1 fully saturated rings. The molecule has 1 atom stereocenters. The lowest BCUT2D eigenvalue weighted by Crippen LogP contribution is -2.37. The third-order valence-electron chi connectivity index (χ3n) is 4.45. The second-order valence-electron chi connectivity index (χ2n) is 6.14. The summed E-state index contributed by atoms with van der Waals surface area (Å²) < 4.78 is 0. The van der Waals surface area contributed by atoms with Crippen LogP contribution in [0, 0.1) is 0 Å². The Balaban J connectivity index is 1.60. The molecule has 0 aliphatic carbocycles. The number of hydrogen-bond donors (Lipinski definition) is 0. The monoisotopic (exact) mass is 291 g/mol. The summed E-state index contributed by atoms with van der Waals surface area (Å²) in [5.74, 6) is 0. The molecule has 1 heterocycles. The van der Waals surface area contributed by atoms with E-state index in [2.05, 4.69) is 77.7 Å². The maximum Gasteiger partial charge on any atom is 0.0281 e. The van der Waals surface area contributed by atoms with Gasteiger partial charge in [0.05, 0.1) is 0 Å². The normalized spacial score (nSPS) is 19.5. The van der Waals surface area contributed by atoms with E-state index >= 15 is 0 Å². The molecule has 0 radical (unpaired) electrons. The summed E-state index contributed by atoms with van der Waals surface area (Å²) in [6.07, 6.45) is 9.79. The molecule has 0 N–H and O–H groups in total. The average Bonchev–Trinajstić information content (AvgIpc) is 2.58. The number of rotatable bonds is 5. The molecule has 1 nitrogen and oxygen atoms in total. The molecule has 0 saturated carbocycles. The highest BCUT2D eigenvalue weighted by Gasteiger charge is 2.19. The van der Waals surface area contributed by atoms with Crippen LogP contribution in [-0.4, -0.2) is 17.5 Å². The van der Waals surface area contributed by atoms with Gasteiger partial charge in [0.25, 0.3) is 0 Å². The quantitative estimate of drug-likeness (QED) is 0.712. The van der Waals surface area contributed by atoms with Crippen molar-refractivity contribution in [2.24, 2.45) is 0 Å². The largest absolute Gasteiger partial charge is 0.293 e. The highest BCUT2D eigenvalue weighted by molar-refractivity contribution is 5.18. The van der Waals surface area contributed by atoms with Gasteiger partial charge >= 0.3 is 0 Å². The Morgan fingerprint density at radius 3 is 2.27 bits per heavy atom. The molecule has 2 aromatic carbocycles. The fourth-order valence-corrected chi connectivity index (χ4v) is 3.22. The van der Waals surface area contributed by atoms with Crippen molar-refractivity contribution >= 4 is 0 Å². The van der Waals surface area contributed by atoms with E-state index in [9.17, 15) is 0 Å². The predicted molar refractivity (Wildman–Crippen MR) is 93.8 cm³/mol. The van der Waals surface area contributed by atoms with Crippen molar-refractivity contribution in [3.05, 3.63) is 83.9 Å². The minimum absolute atomic E-state index is 0.595. The van der Waals surface area contributed by atoms with E-state index in [4.69, 9.17) is 0 Å². The fourth-order valence-electron chi connectivity index (χ4n) is 3.22. The zero-order valence-electron chi connectivity index (χ0n) is 13.2. The minimum atomic E-state index is 0.595. The first kappa shape index (κ1) is 15.1. The summed E-state index contributed by atoms with van der Waals surface area (Å²) in [5.41, 5.74) is 2.81. The topological polar surface area (TPSA) is 3.24 Å². The Bertz CT molecular complexity index is 573. The van der Waals surface area contributed by atoms with E-state index in [0.29, 0.717) is 6.04 Å². The molecule has 1 heteroatoms. The Morgan fingerprint density at radius 1 is 0.864 bits per heavy atom. The molecule has 1 saturated heterocycles. The molecule has 1 aliphatic rings. The molecule has 1 aliphatic heterocycles. The number of hydrogen-bond acceptors (Lipinski definition) is 1. The molecule has 3 rings (SSSR count). The van der Waals surface area contributed by atoms with Crippen LogP contribution < -0.4 is 0 Å². The fraction of sp³-hybridized carbons (Fsp3) is 0.333. The smallest absolute Gasteiger partial charge is 0.0281 e. The van der Waals surface area contributed by atoms with Crippen molar-refractivity contribution in [3.8, 4) is 0 Å². The number of benzene rings is 2. The summed E-state index contributed by atoms with van der Waals surface area (Å²) in [6, 6.07) is 22.2. The Morgan fingerprint density at radius 2 is 1.55 bits per heavy atom. The maximum absolute atomic E-state index is 2.63. The van der Waals surface area contributed by atoms with Gasteiger partial charge in [0.15, 0.2) is 0 Å². The van der Waals surface area contributed by atoms with Crippen LogP contribution in [0.1, 0.15) is 30.4 Å². The molecule has 0 unspecified atom stereocenters. The van der Waals surface area contributed by atoms with Gasteiger partial charge in [-0.2, -0.15) is 0 Å². The molecule has 0 amide bonds. The van der Waals surface area contributed by atoms with Gasteiger partial charge < -0.3 is 0 Å². The minimum Gasteiger partial charge on any atom is -0.293 e. The van der Waals surface area contributed by atoms with Crippen molar-refractivity contribution in [2.75, 3.05) is 6.54 Å². The zero-order valence-corrected chi connectivity index (χ0v) is 13.2. The SMILES string of the molecule is C(=C\[C@@H]1CCCCN1Cc1ccccc1)/Cc1ccccc1. The van der Waals surface area contributed by atoms with Crippen LogP contribution in [0.15, 0.2) is 72.8 Å². The van der Waals surface area contributed by atoms with Crippen molar-refractivity contribution < 1.29 is 0 Å². The zero-order chi connectivity index (χ0) is 15.0. The van der Waals surface area contributed by atoms with Gasteiger partial charge in [0.2, 0.25) is 0 Å². The van der Waals surface area contributed by atoms with Gasteiger partial charge in [-0.15, -0.1) is 0 Å². The van der Waals surface area contributed by atoms with Crippen LogP contribution in [0.5, 0.6) is 0 Å². The summed E-state index contributed by atoms with van der Waals surface area (Å²) in [7, 11) is 0. The van der Waals surface area contributed by atoms with Gasteiger partial charge in [0, 0.05) is 12.6 Å². The standard InChI is InChI=1S/C21H25N/c1-3-10-19(11-4-1)14-9-16-21-15-7-8-17-22(21)18-20-12-5-2-6-13-20/h1-6,9-13,16,21H,7-8,14-15,17-18H2/b16-9+/t21-/m0/s1. The van der Waals surface area contributed by atoms with Gasteiger partial charge in [0.1, 0.15) is 0 Å². The number of allylic oxidation sites excluding steroid dienone is 1. The predicted octanol–water partition coefficient (Wildman–Crippen LogP) is 4.84. The first-order valence-corrected chi connectivity index (χ1v) is 8.40. The molecule has 0 aromatic heterocycles. The lowest BCUT2D eigenvalue weighted by molar-refractivity contribution is 0.171. The lowest BCUT2D eigenvalue weighted by Gasteiger charge is -2.34. The Kier molecular flexibility index (Phi) is 5.44. The second kappa shape index (κ2) is 7.95. The van der Waals surface area contributed by atoms with Gasteiger partial charge in [-0.05, 0) is 36.9 Å². The summed E-state index contributed by atoms with van der Waals surface area (Å²) >= 11 is 0. The molecule has 0 spiro atoms. The van der Waals surface area contributed by atoms with Crippen LogP contribution in [0.4, 0.5) is 0 Å². The molecule has 114 valence electrons. The van der Waals surface area contributed by atoms with E-state index in [1.54, 1.807) is 0 Å². The van der Waals surface area contributed by atoms with Crippen molar-refractivity contribution in [1.82, 2.24) is 4.90 Å².